The molecule has 0 aliphatic heterocycles. The zero-order valence-corrected chi connectivity index (χ0v) is 8.82. The molecule has 2 N–H and O–H groups in total. The van der Waals surface area contributed by atoms with E-state index in [0.717, 1.165) is 0 Å². The fourth-order valence-electron chi connectivity index (χ4n) is 1.24. The number of hydrogen-bond donors (Lipinski definition) is 2. The van der Waals surface area contributed by atoms with Gasteiger partial charge in [-0.1, -0.05) is 0 Å². The first-order chi connectivity index (χ1) is 7.15. The van der Waals surface area contributed by atoms with E-state index in [9.17, 15) is 4.79 Å². The molecule has 0 amide bonds. The Morgan fingerprint density at radius 3 is 3.07 bits per heavy atom. The fourth-order valence-corrected chi connectivity index (χ4v) is 1.24. The second kappa shape index (κ2) is 5.53. The molecule has 1 aromatic heterocycles. The van der Waals surface area contributed by atoms with Gasteiger partial charge in [0.05, 0.1) is 19.4 Å². The van der Waals surface area contributed by atoms with E-state index in [2.05, 4.69) is 5.32 Å². The van der Waals surface area contributed by atoms with Crippen LogP contribution in [-0.4, -0.2) is 30.8 Å². The van der Waals surface area contributed by atoms with Gasteiger partial charge in [-0.2, -0.15) is 0 Å². The van der Waals surface area contributed by atoms with Crippen LogP contribution in [0.1, 0.15) is 23.0 Å². The largest absolute Gasteiger partial charge is 0.478 e. The summed E-state index contributed by atoms with van der Waals surface area (Å²) in [5.41, 5.74) is 0.201. The van der Waals surface area contributed by atoms with Crippen molar-refractivity contribution < 1.29 is 19.1 Å². The number of rotatable bonds is 6. The molecule has 0 fully saturated rings. The number of methoxy groups -OCH3 is 1. The molecule has 0 aromatic carbocycles. The highest BCUT2D eigenvalue weighted by Crippen LogP contribution is 2.10. The molecule has 1 aromatic rings. The third-order valence-corrected chi connectivity index (χ3v) is 2.00. The summed E-state index contributed by atoms with van der Waals surface area (Å²) >= 11 is 0. The lowest BCUT2D eigenvalue weighted by Gasteiger charge is -2.11. The van der Waals surface area contributed by atoms with E-state index in [4.69, 9.17) is 14.3 Å². The van der Waals surface area contributed by atoms with Crippen molar-refractivity contribution in [3.8, 4) is 0 Å². The summed E-state index contributed by atoms with van der Waals surface area (Å²) in [6, 6.07) is 1.60. The highest BCUT2D eigenvalue weighted by molar-refractivity contribution is 5.88. The quantitative estimate of drug-likeness (QED) is 0.740. The van der Waals surface area contributed by atoms with E-state index < -0.39 is 5.97 Å². The van der Waals surface area contributed by atoms with Gasteiger partial charge in [-0.3, -0.25) is 0 Å². The lowest BCUT2D eigenvalue weighted by atomic mass is 10.2. The van der Waals surface area contributed by atoms with Crippen LogP contribution in [0, 0.1) is 0 Å². The summed E-state index contributed by atoms with van der Waals surface area (Å²) in [6.45, 7) is 2.91. The summed E-state index contributed by atoms with van der Waals surface area (Å²) in [5, 5.41) is 11.9. The van der Waals surface area contributed by atoms with Gasteiger partial charge in [-0.15, -0.1) is 0 Å². The molecular formula is C10H15NO4. The maximum absolute atomic E-state index is 10.7. The van der Waals surface area contributed by atoms with Crippen molar-refractivity contribution >= 4 is 5.97 Å². The number of carboxylic acid groups (broad SMARTS) is 1. The molecule has 1 unspecified atom stereocenters. The lowest BCUT2D eigenvalue weighted by Crippen LogP contribution is -2.29. The molecule has 0 saturated heterocycles. The van der Waals surface area contributed by atoms with Crippen LogP contribution >= 0.6 is 0 Å². The predicted molar refractivity (Wildman–Crippen MR) is 53.8 cm³/mol. The Bertz CT molecular complexity index is 321. The molecule has 15 heavy (non-hydrogen) atoms. The molecule has 0 aliphatic rings. The molecule has 0 saturated carbocycles. The molecule has 1 heterocycles. The Kier molecular flexibility index (Phi) is 4.33. The van der Waals surface area contributed by atoms with Gasteiger partial charge in [0, 0.05) is 13.2 Å². The first kappa shape index (κ1) is 11.7. The van der Waals surface area contributed by atoms with E-state index in [1.165, 1.54) is 12.3 Å². The average molecular weight is 213 g/mol. The van der Waals surface area contributed by atoms with Crippen molar-refractivity contribution in [2.75, 3.05) is 13.7 Å². The molecule has 0 spiro atoms. The second-order valence-corrected chi connectivity index (χ2v) is 3.30. The molecule has 0 bridgehead atoms. The van der Waals surface area contributed by atoms with Crippen LogP contribution in [0.25, 0.3) is 0 Å². The summed E-state index contributed by atoms with van der Waals surface area (Å²) in [4.78, 5) is 10.7. The van der Waals surface area contributed by atoms with Crippen molar-refractivity contribution in [3.63, 3.8) is 0 Å². The van der Waals surface area contributed by atoms with Crippen LogP contribution in [0.5, 0.6) is 0 Å². The Labute approximate surface area is 88.0 Å². The number of carbonyl (C=O) groups is 1. The fraction of sp³-hybridized carbons (Fsp3) is 0.500. The second-order valence-electron chi connectivity index (χ2n) is 3.30. The van der Waals surface area contributed by atoms with Gasteiger partial charge < -0.3 is 19.6 Å². The molecule has 84 valence electrons. The lowest BCUT2D eigenvalue weighted by molar-refractivity contribution is 0.0694. The van der Waals surface area contributed by atoms with Gasteiger partial charge in [0.1, 0.15) is 11.3 Å². The predicted octanol–water partition coefficient (Wildman–Crippen LogP) is 1.10. The Morgan fingerprint density at radius 2 is 2.47 bits per heavy atom. The maximum atomic E-state index is 10.7. The van der Waals surface area contributed by atoms with Crippen molar-refractivity contribution in [3.05, 3.63) is 23.7 Å². The first-order valence-corrected chi connectivity index (χ1v) is 4.67. The molecule has 5 nitrogen and oxygen atoms in total. The van der Waals surface area contributed by atoms with Crippen LogP contribution in [0.15, 0.2) is 16.7 Å². The van der Waals surface area contributed by atoms with Crippen LogP contribution in [0.3, 0.4) is 0 Å². The van der Waals surface area contributed by atoms with E-state index >= 15 is 0 Å². The Balaban J connectivity index is 2.50. The molecule has 0 radical (unpaired) electrons. The normalized spacial score (nSPS) is 12.7. The minimum atomic E-state index is -0.972. The molecule has 1 rings (SSSR count). The standard InChI is InChI=1S/C10H15NO4/c1-7(6-14-2)11-5-9-8(10(12)13)3-4-15-9/h3-4,7,11H,5-6H2,1-2H3,(H,12,13). The van der Waals surface area contributed by atoms with Crippen LogP contribution < -0.4 is 5.32 Å². The molecule has 5 heteroatoms. The SMILES string of the molecule is COCC(C)NCc1occc1C(=O)O. The van der Waals surface area contributed by atoms with Crippen molar-refractivity contribution in [2.45, 2.75) is 19.5 Å². The van der Waals surface area contributed by atoms with Gasteiger partial charge in [0.25, 0.3) is 0 Å². The van der Waals surface area contributed by atoms with Gasteiger partial charge in [0.15, 0.2) is 0 Å². The highest BCUT2D eigenvalue weighted by Gasteiger charge is 2.13. The summed E-state index contributed by atoms with van der Waals surface area (Å²) in [5.74, 6) is -0.537. The third-order valence-electron chi connectivity index (χ3n) is 2.00. The average Bonchev–Trinajstić information content (AvgIpc) is 2.63. The number of furan rings is 1. The number of aromatic carboxylic acids is 1. The highest BCUT2D eigenvalue weighted by atomic mass is 16.5. The monoisotopic (exact) mass is 213 g/mol. The van der Waals surface area contributed by atoms with Crippen LogP contribution in [0.2, 0.25) is 0 Å². The molecule has 0 aliphatic carbocycles. The van der Waals surface area contributed by atoms with E-state index in [0.29, 0.717) is 18.9 Å². The van der Waals surface area contributed by atoms with Crippen molar-refractivity contribution in [1.82, 2.24) is 5.32 Å². The first-order valence-electron chi connectivity index (χ1n) is 4.67. The molecule has 1 atom stereocenters. The Hall–Kier alpha value is -1.33. The smallest absolute Gasteiger partial charge is 0.339 e. The minimum absolute atomic E-state index is 0.154. The number of hydrogen-bond acceptors (Lipinski definition) is 4. The topological polar surface area (TPSA) is 71.7 Å². The zero-order valence-electron chi connectivity index (χ0n) is 8.82. The van der Waals surface area contributed by atoms with Gasteiger partial charge >= 0.3 is 5.97 Å². The number of nitrogens with one attached hydrogen (secondary N) is 1. The van der Waals surface area contributed by atoms with Crippen LogP contribution in [0.4, 0.5) is 0 Å². The summed E-state index contributed by atoms with van der Waals surface area (Å²) in [6.07, 6.45) is 1.38. The van der Waals surface area contributed by atoms with E-state index in [-0.39, 0.29) is 11.6 Å². The van der Waals surface area contributed by atoms with Crippen molar-refractivity contribution in [1.29, 1.82) is 0 Å². The Morgan fingerprint density at radius 1 is 1.73 bits per heavy atom. The van der Waals surface area contributed by atoms with E-state index in [1.807, 2.05) is 6.92 Å². The third kappa shape index (κ3) is 3.38. The zero-order chi connectivity index (χ0) is 11.3. The summed E-state index contributed by atoms with van der Waals surface area (Å²) in [7, 11) is 1.62. The maximum Gasteiger partial charge on any atom is 0.339 e. The van der Waals surface area contributed by atoms with Gasteiger partial charge in [-0.25, -0.2) is 4.79 Å². The minimum Gasteiger partial charge on any atom is -0.478 e. The number of ether oxygens (including phenoxy) is 1. The van der Waals surface area contributed by atoms with Crippen LogP contribution in [-0.2, 0) is 11.3 Å². The van der Waals surface area contributed by atoms with Crippen molar-refractivity contribution in [2.24, 2.45) is 0 Å². The molecular weight excluding hydrogens is 198 g/mol. The number of carboxylic acids is 1. The summed E-state index contributed by atoms with van der Waals surface area (Å²) < 4.78 is 10.0. The van der Waals surface area contributed by atoms with E-state index in [1.54, 1.807) is 7.11 Å². The van der Waals surface area contributed by atoms with Gasteiger partial charge in [0.2, 0.25) is 0 Å². The van der Waals surface area contributed by atoms with Gasteiger partial charge in [-0.05, 0) is 13.0 Å².